The zero-order valence-corrected chi connectivity index (χ0v) is 18.4. The van der Waals surface area contributed by atoms with E-state index in [1.807, 2.05) is 48.5 Å². The predicted octanol–water partition coefficient (Wildman–Crippen LogP) is 5.30. The number of nitrogens with one attached hydrogen (secondary N) is 1. The Kier molecular flexibility index (Phi) is 8.76. The maximum atomic E-state index is 11.9. The van der Waals surface area contributed by atoms with Crippen molar-refractivity contribution >= 4 is 64.7 Å². The van der Waals surface area contributed by atoms with Gasteiger partial charge in [0.25, 0.3) is 5.91 Å². The second kappa shape index (κ2) is 11.8. The summed E-state index contributed by atoms with van der Waals surface area (Å²) in [7, 11) is 0. The number of benzene rings is 2. The minimum absolute atomic E-state index is 0.204. The van der Waals surface area contributed by atoms with E-state index in [9.17, 15) is 4.79 Å². The van der Waals surface area contributed by atoms with E-state index in [1.165, 1.54) is 34.9 Å². The molecule has 3 aromatic rings. The van der Waals surface area contributed by atoms with Gasteiger partial charge in [0, 0.05) is 5.75 Å². The number of rotatable bonds is 9. The monoisotopic (exact) mass is 460 g/mol. The summed E-state index contributed by atoms with van der Waals surface area (Å²) >= 11 is 10.5. The van der Waals surface area contributed by atoms with Crippen molar-refractivity contribution in [3.63, 3.8) is 0 Å². The summed E-state index contributed by atoms with van der Waals surface area (Å²) in [4.78, 5) is 11.9. The van der Waals surface area contributed by atoms with E-state index in [1.54, 1.807) is 17.8 Å². The van der Waals surface area contributed by atoms with E-state index < -0.39 is 0 Å². The smallest absolute Gasteiger partial charge is 0.250 e. The number of carbonyl (C=O) groups excluding carboxylic acids is 1. The highest BCUT2D eigenvalue weighted by Gasteiger charge is 2.08. The Morgan fingerprint density at radius 2 is 1.69 bits per heavy atom. The Bertz CT molecular complexity index is 978. The Morgan fingerprint density at radius 3 is 2.41 bits per heavy atom. The molecule has 0 aliphatic rings. The highest BCUT2D eigenvalue weighted by molar-refractivity contribution is 8.03. The molecule has 0 fully saturated rings. The number of carbonyl (C=O) groups is 1. The number of nitrogens with zero attached hydrogens (tertiary/aromatic N) is 3. The molecule has 2 aromatic carbocycles. The molecule has 1 N–H and O–H groups in total. The second-order valence-electron chi connectivity index (χ2n) is 5.63. The van der Waals surface area contributed by atoms with Gasteiger partial charge in [0.1, 0.15) is 0 Å². The van der Waals surface area contributed by atoms with E-state index in [-0.39, 0.29) is 11.7 Å². The summed E-state index contributed by atoms with van der Waals surface area (Å²) in [5.41, 5.74) is 4.66. The normalized spacial score (nSPS) is 11.7. The topological polar surface area (TPSA) is 67.2 Å². The number of hydrogen-bond acceptors (Lipinski definition) is 7. The highest BCUT2D eigenvalue weighted by Crippen LogP contribution is 2.30. The van der Waals surface area contributed by atoms with Gasteiger partial charge in [-0.2, -0.15) is 5.10 Å². The fourth-order valence-electron chi connectivity index (χ4n) is 2.10. The van der Waals surface area contributed by atoms with Crippen LogP contribution in [0, 0.1) is 0 Å². The fourth-order valence-corrected chi connectivity index (χ4v) is 5.05. The quantitative estimate of drug-likeness (QED) is 0.266. The van der Waals surface area contributed by atoms with Crippen LogP contribution in [0.2, 0.25) is 0 Å². The fraction of sp³-hybridized carbons (Fsp3) is 0.100. The van der Waals surface area contributed by atoms with Gasteiger partial charge in [-0.15, -0.1) is 10.2 Å². The van der Waals surface area contributed by atoms with Gasteiger partial charge in [-0.1, -0.05) is 107 Å². The third-order valence-corrected chi connectivity index (χ3v) is 6.87. The average molecular weight is 461 g/mol. The molecule has 0 unspecified atom stereocenters. The van der Waals surface area contributed by atoms with Crippen molar-refractivity contribution in [3.05, 3.63) is 76.8 Å². The van der Waals surface area contributed by atoms with E-state index >= 15 is 0 Å². The molecule has 0 bridgehead atoms. The molecular weight excluding hydrogens is 444 g/mol. The van der Waals surface area contributed by atoms with E-state index in [0.717, 1.165) is 20.0 Å². The largest absolute Gasteiger partial charge is 0.272 e. The Hall–Kier alpha value is -2.13. The summed E-state index contributed by atoms with van der Waals surface area (Å²) in [6.45, 7) is 0. The molecule has 0 saturated heterocycles. The van der Waals surface area contributed by atoms with Crippen LogP contribution in [-0.4, -0.2) is 28.1 Å². The maximum absolute atomic E-state index is 11.9. The number of amides is 1. The van der Waals surface area contributed by atoms with Crippen LogP contribution < -0.4 is 5.43 Å². The summed E-state index contributed by atoms with van der Waals surface area (Å²) < 4.78 is 1.63. The van der Waals surface area contributed by atoms with E-state index in [2.05, 4.69) is 32.9 Å². The molecule has 1 heterocycles. The first kappa shape index (κ1) is 21.6. The van der Waals surface area contributed by atoms with Gasteiger partial charge in [0.05, 0.1) is 17.0 Å². The summed E-state index contributed by atoms with van der Waals surface area (Å²) in [6.07, 6.45) is 3.17. The predicted molar refractivity (Wildman–Crippen MR) is 124 cm³/mol. The molecular formula is C20H17ClN4OS3. The Labute approximate surface area is 186 Å². The molecule has 29 heavy (non-hydrogen) atoms. The molecule has 1 amide bonds. The lowest BCUT2D eigenvalue weighted by Gasteiger charge is -1.97. The first-order valence-electron chi connectivity index (χ1n) is 8.56. The van der Waals surface area contributed by atoms with Crippen molar-refractivity contribution in [2.45, 2.75) is 14.4 Å². The van der Waals surface area contributed by atoms with Crippen LogP contribution in [0.25, 0.3) is 6.08 Å². The lowest BCUT2D eigenvalue weighted by Crippen LogP contribution is -2.19. The highest BCUT2D eigenvalue weighted by atomic mass is 35.5. The molecule has 0 atom stereocenters. The molecule has 0 aliphatic heterocycles. The Balaban J connectivity index is 1.39. The number of hydrogen-bond donors (Lipinski definition) is 1. The number of thioether (sulfide) groups is 2. The minimum atomic E-state index is -0.232. The van der Waals surface area contributed by atoms with Gasteiger partial charge < -0.3 is 0 Å². The minimum Gasteiger partial charge on any atom is -0.272 e. The molecule has 0 spiro atoms. The third-order valence-electron chi connectivity index (χ3n) is 3.40. The summed E-state index contributed by atoms with van der Waals surface area (Å²) in [6, 6.07) is 19.8. The lowest BCUT2D eigenvalue weighted by molar-refractivity contribution is -0.118. The van der Waals surface area contributed by atoms with Gasteiger partial charge >= 0.3 is 0 Å². The third kappa shape index (κ3) is 8.02. The summed E-state index contributed by atoms with van der Waals surface area (Å²) in [5, 5.41) is 12.6. The van der Waals surface area contributed by atoms with Crippen molar-refractivity contribution in [3.8, 4) is 0 Å². The van der Waals surface area contributed by atoms with Crippen molar-refractivity contribution in [1.82, 2.24) is 15.6 Å². The van der Waals surface area contributed by atoms with Crippen LogP contribution in [-0.2, 0) is 10.5 Å². The van der Waals surface area contributed by atoms with Gasteiger partial charge in [-0.25, -0.2) is 5.43 Å². The Morgan fingerprint density at radius 1 is 1.03 bits per heavy atom. The average Bonchev–Trinajstić information content (AvgIpc) is 3.20. The summed E-state index contributed by atoms with van der Waals surface area (Å²) in [5.74, 6) is 0.811. The molecule has 5 nitrogen and oxygen atoms in total. The molecule has 0 radical (unpaired) electrons. The number of hydrazone groups is 1. The first-order chi connectivity index (χ1) is 14.2. The molecule has 9 heteroatoms. The maximum Gasteiger partial charge on any atom is 0.250 e. The van der Waals surface area contributed by atoms with Crippen LogP contribution >= 0.6 is 46.5 Å². The van der Waals surface area contributed by atoms with Crippen molar-refractivity contribution < 1.29 is 4.79 Å². The molecule has 0 saturated carbocycles. The molecule has 1 aromatic heterocycles. The van der Waals surface area contributed by atoms with Gasteiger partial charge in [0.15, 0.2) is 8.68 Å². The molecule has 0 aliphatic carbocycles. The number of allylic oxidation sites excluding steroid dienone is 1. The second-order valence-corrected chi connectivity index (χ2v) is 9.49. The van der Waals surface area contributed by atoms with E-state index in [0.29, 0.717) is 5.03 Å². The van der Waals surface area contributed by atoms with Crippen LogP contribution in [0.1, 0.15) is 11.1 Å². The van der Waals surface area contributed by atoms with E-state index in [4.69, 9.17) is 11.6 Å². The van der Waals surface area contributed by atoms with Crippen LogP contribution in [0.4, 0.5) is 0 Å². The van der Waals surface area contributed by atoms with Crippen molar-refractivity contribution in [1.29, 1.82) is 0 Å². The van der Waals surface area contributed by atoms with Crippen LogP contribution in [0.5, 0.6) is 0 Å². The number of halogens is 1. The van der Waals surface area contributed by atoms with Gasteiger partial charge in [-0.05, 0) is 17.2 Å². The van der Waals surface area contributed by atoms with Gasteiger partial charge in [0.2, 0.25) is 0 Å². The SMILES string of the molecule is O=C(CSc1nnc(SCc2ccccc2)s1)N/N=C\C(Cl)=C/c1ccccc1. The zero-order chi connectivity index (χ0) is 20.3. The van der Waals surface area contributed by atoms with Crippen LogP contribution in [0.3, 0.4) is 0 Å². The van der Waals surface area contributed by atoms with Crippen LogP contribution in [0.15, 0.2) is 79.5 Å². The van der Waals surface area contributed by atoms with Crippen molar-refractivity contribution in [2.75, 3.05) is 5.75 Å². The zero-order valence-electron chi connectivity index (χ0n) is 15.2. The standard InChI is InChI=1S/C20H17ClN4OS3/c21-17(11-15-7-3-1-4-8-15)12-22-23-18(26)14-28-20-25-24-19(29-20)27-13-16-9-5-2-6-10-16/h1-12H,13-14H2,(H,23,26)/b17-11+,22-12-. The van der Waals surface area contributed by atoms with Crippen molar-refractivity contribution in [2.24, 2.45) is 5.10 Å². The molecule has 3 rings (SSSR count). The van der Waals surface area contributed by atoms with Gasteiger partial charge in [-0.3, -0.25) is 4.79 Å². The lowest BCUT2D eigenvalue weighted by atomic mass is 10.2. The number of aromatic nitrogens is 2. The first-order valence-corrected chi connectivity index (χ1v) is 11.7. The molecule has 148 valence electrons.